The number of benzene rings is 1. The Hall–Kier alpha value is -2.75. The Morgan fingerprint density at radius 2 is 1.94 bits per heavy atom. The van der Waals surface area contributed by atoms with E-state index in [-0.39, 0.29) is 17.3 Å². The van der Waals surface area contributed by atoms with Crippen molar-refractivity contribution in [3.05, 3.63) is 66.9 Å². The van der Waals surface area contributed by atoms with E-state index >= 15 is 0 Å². The summed E-state index contributed by atoms with van der Waals surface area (Å²) in [7, 11) is -3.67. The molecular formula is C25H33N5O3S. The van der Waals surface area contributed by atoms with Crippen molar-refractivity contribution >= 4 is 21.7 Å². The van der Waals surface area contributed by atoms with Crippen molar-refractivity contribution in [1.29, 1.82) is 0 Å². The van der Waals surface area contributed by atoms with Crippen molar-refractivity contribution < 1.29 is 13.2 Å². The highest BCUT2D eigenvalue weighted by Gasteiger charge is 2.28. The summed E-state index contributed by atoms with van der Waals surface area (Å²) in [6, 6.07) is 12.3. The van der Waals surface area contributed by atoms with Crippen LogP contribution in [-0.2, 0) is 10.0 Å². The SMILES string of the molecule is C=CCNS(=O)(=O)c1cccc(C(=O)N2CCCC(CN3CCN(c4ccccn4)CC3)C2)c1. The zero-order chi connectivity index (χ0) is 24.0. The fourth-order valence-corrected chi connectivity index (χ4v) is 5.74. The van der Waals surface area contributed by atoms with Crippen molar-refractivity contribution in [1.82, 2.24) is 19.5 Å². The van der Waals surface area contributed by atoms with Gasteiger partial charge in [0.1, 0.15) is 5.82 Å². The lowest BCUT2D eigenvalue weighted by molar-refractivity contribution is 0.0637. The molecule has 1 aromatic carbocycles. The minimum Gasteiger partial charge on any atom is -0.354 e. The predicted octanol–water partition coefficient (Wildman–Crippen LogP) is 2.22. The predicted molar refractivity (Wildman–Crippen MR) is 133 cm³/mol. The third-order valence-corrected chi connectivity index (χ3v) is 7.90. The van der Waals surface area contributed by atoms with Crippen molar-refractivity contribution in [2.75, 3.05) is 57.3 Å². The maximum atomic E-state index is 13.2. The number of carbonyl (C=O) groups excluding carboxylic acids is 1. The summed E-state index contributed by atoms with van der Waals surface area (Å²) in [5.74, 6) is 1.34. The number of sulfonamides is 1. The number of hydrogen-bond acceptors (Lipinski definition) is 6. The number of aromatic nitrogens is 1. The van der Waals surface area contributed by atoms with Crippen LogP contribution in [-0.4, -0.2) is 81.5 Å². The third-order valence-electron chi connectivity index (χ3n) is 6.48. The number of piperidine rings is 1. The molecule has 2 aromatic rings. The second kappa shape index (κ2) is 11.1. The van der Waals surface area contributed by atoms with Gasteiger partial charge in [0.25, 0.3) is 5.91 Å². The number of amides is 1. The van der Waals surface area contributed by atoms with Crippen LogP contribution in [0.2, 0.25) is 0 Å². The average molecular weight is 484 g/mol. The molecule has 8 nitrogen and oxygen atoms in total. The molecule has 182 valence electrons. The normalized spacial score (nSPS) is 19.7. The van der Waals surface area contributed by atoms with E-state index in [2.05, 4.69) is 32.2 Å². The Morgan fingerprint density at radius 3 is 2.68 bits per heavy atom. The summed E-state index contributed by atoms with van der Waals surface area (Å²) in [6.07, 6.45) is 5.38. The molecule has 0 aliphatic carbocycles. The molecule has 1 N–H and O–H groups in total. The lowest BCUT2D eigenvalue weighted by Gasteiger charge is -2.39. The molecule has 2 aliphatic heterocycles. The summed E-state index contributed by atoms with van der Waals surface area (Å²) in [4.78, 5) is 24.4. The average Bonchev–Trinajstić information content (AvgIpc) is 2.88. The van der Waals surface area contributed by atoms with E-state index in [9.17, 15) is 13.2 Å². The van der Waals surface area contributed by atoms with Crippen LogP contribution >= 0.6 is 0 Å². The zero-order valence-corrected chi connectivity index (χ0v) is 20.3. The van der Waals surface area contributed by atoms with E-state index in [0.717, 1.165) is 51.4 Å². The fraction of sp³-hybridized carbons (Fsp3) is 0.440. The number of rotatable bonds is 8. The first-order valence-corrected chi connectivity index (χ1v) is 13.3. The molecule has 2 aliphatic rings. The maximum Gasteiger partial charge on any atom is 0.253 e. The van der Waals surface area contributed by atoms with E-state index in [1.165, 1.54) is 18.2 Å². The Labute approximate surface area is 202 Å². The van der Waals surface area contributed by atoms with Gasteiger partial charge in [-0.25, -0.2) is 18.1 Å². The molecule has 1 amide bonds. The van der Waals surface area contributed by atoms with Crippen LogP contribution in [0, 0.1) is 5.92 Å². The van der Waals surface area contributed by atoms with Crippen LogP contribution in [0.3, 0.4) is 0 Å². The van der Waals surface area contributed by atoms with Crippen LogP contribution < -0.4 is 9.62 Å². The van der Waals surface area contributed by atoms with Gasteiger partial charge >= 0.3 is 0 Å². The molecule has 0 bridgehead atoms. The van der Waals surface area contributed by atoms with Gasteiger partial charge in [-0.2, -0.15) is 0 Å². The monoisotopic (exact) mass is 483 g/mol. The lowest BCUT2D eigenvalue weighted by atomic mass is 9.96. The van der Waals surface area contributed by atoms with Crippen molar-refractivity contribution in [2.24, 2.45) is 5.92 Å². The number of hydrogen-bond donors (Lipinski definition) is 1. The number of nitrogens with zero attached hydrogens (tertiary/aromatic N) is 4. The van der Waals surface area contributed by atoms with E-state index in [0.29, 0.717) is 24.6 Å². The van der Waals surface area contributed by atoms with Crippen LogP contribution in [0.1, 0.15) is 23.2 Å². The number of nitrogens with one attached hydrogen (secondary N) is 1. The third kappa shape index (κ3) is 6.02. The summed E-state index contributed by atoms with van der Waals surface area (Å²) in [5.41, 5.74) is 0.408. The molecule has 1 aromatic heterocycles. The van der Waals surface area contributed by atoms with Gasteiger partial charge in [-0.1, -0.05) is 18.2 Å². The molecule has 2 saturated heterocycles. The molecule has 9 heteroatoms. The van der Waals surface area contributed by atoms with Crippen molar-refractivity contribution in [2.45, 2.75) is 17.7 Å². The molecule has 34 heavy (non-hydrogen) atoms. The quantitative estimate of drug-likeness (QED) is 0.580. The number of anilines is 1. The number of pyridine rings is 1. The minimum absolute atomic E-state index is 0.0968. The van der Waals surface area contributed by atoms with Gasteiger partial charge in [-0.15, -0.1) is 6.58 Å². The molecular weight excluding hydrogens is 450 g/mol. The molecule has 0 radical (unpaired) electrons. The number of carbonyl (C=O) groups is 1. The van der Waals surface area contributed by atoms with Gasteiger partial charge < -0.3 is 9.80 Å². The smallest absolute Gasteiger partial charge is 0.253 e. The van der Waals surface area contributed by atoms with Crippen LogP contribution in [0.5, 0.6) is 0 Å². The summed E-state index contributed by atoms with van der Waals surface area (Å²) < 4.78 is 27.3. The molecule has 3 heterocycles. The zero-order valence-electron chi connectivity index (χ0n) is 19.5. The van der Waals surface area contributed by atoms with E-state index < -0.39 is 10.0 Å². The van der Waals surface area contributed by atoms with Crippen LogP contribution in [0.4, 0.5) is 5.82 Å². The number of piperazine rings is 1. The van der Waals surface area contributed by atoms with Gasteiger partial charge in [-0.05, 0) is 49.1 Å². The van der Waals surface area contributed by atoms with E-state index in [1.807, 2.05) is 23.2 Å². The minimum atomic E-state index is -3.67. The maximum absolute atomic E-state index is 13.2. The molecule has 1 atom stereocenters. The van der Waals surface area contributed by atoms with Crippen molar-refractivity contribution in [3.8, 4) is 0 Å². The summed E-state index contributed by atoms with van der Waals surface area (Å²) in [5, 5.41) is 0. The Kier molecular flexibility index (Phi) is 7.97. The fourth-order valence-electron chi connectivity index (χ4n) is 4.69. The van der Waals surface area contributed by atoms with E-state index in [1.54, 1.807) is 12.1 Å². The number of likely N-dealkylation sites (tertiary alicyclic amines) is 1. The Bertz CT molecular complexity index is 1080. The highest BCUT2D eigenvalue weighted by molar-refractivity contribution is 7.89. The molecule has 0 spiro atoms. The second-order valence-corrected chi connectivity index (χ2v) is 10.7. The standard InChI is InChI=1S/C25H33N5O3S/c1-2-11-27-34(32,33)23-9-5-8-22(18-23)25(31)30-13-6-7-21(20-30)19-28-14-16-29(17-15-28)24-10-3-4-12-26-24/h2-5,8-10,12,18,21,27H,1,6-7,11,13-17,19-20H2. The lowest BCUT2D eigenvalue weighted by Crippen LogP contribution is -2.50. The Morgan fingerprint density at radius 1 is 1.12 bits per heavy atom. The van der Waals surface area contributed by atoms with Gasteiger partial charge in [-0.3, -0.25) is 9.69 Å². The molecule has 0 saturated carbocycles. The highest BCUT2D eigenvalue weighted by Crippen LogP contribution is 2.22. The first-order valence-electron chi connectivity index (χ1n) is 11.8. The van der Waals surface area contributed by atoms with Gasteiger partial charge in [0, 0.05) is 64.1 Å². The van der Waals surface area contributed by atoms with Crippen LogP contribution in [0.15, 0.2) is 66.2 Å². The first-order chi connectivity index (χ1) is 16.5. The Balaban J connectivity index is 1.33. The molecule has 4 rings (SSSR count). The van der Waals surface area contributed by atoms with E-state index in [4.69, 9.17) is 0 Å². The largest absolute Gasteiger partial charge is 0.354 e. The summed E-state index contributed by atoms with van der Waals surface area (Å²) >= 11 is 0. The first kappa shape index (κ1) is 24.4. The highest BCUT2D eigenvalue weighted by atomic mass is 32.2. The molecule has 1 unspecified atom stereocenters. The van der Waals surface area contributed by atoms with Crippen LogP contribution in [0.25, 0.3) is 0 Å². The van der Waals surface area contributed by atoms with Crippen molar-refractivity contribution in [3.63, 3.8) is 0 Å². The van der Waals surface area contributed by atoms with Gasteiger partial charge in [0.2, 0.25) is 10.0 Å². The second-order valence-electron chi connectivity index (χ2n) is 8.90. The summed E-state index contributed by atoms with van der Waals surface area (Å²) in [6.45, 7) is 9.93. The topological polar surface area (TPSA) is 85.8 Å². The van der Waals surface area contributed by atoms with Gasteiger partial charge in [0.05, 0.1) is 4.90 Å². The van der Waals surface area contributed by atoms with Gasteiger partial charge in [0.15, 0.2) is 0 Å². The molecule has 2 fully saturated rings.